The number of halogens is 2. The van der Waals surface area contributed by atoms with Gasteiger partial charge in [0, 0.05) is 8.96 Å². The van der Waals surface area contributed by atoms with E-state index in [-0.39, 0.29) is 0 Å². The molecule has 10 heavy (non-hydrogen) atoms. The Labute approximate surface area is 78.6 Å². The molecule has 1 aliphatic carbocycles. The van der Waals surface area contributed by atoms with Crippen molar-refractivity contribution in [2.45, 2.75) is 20.3 Å². The Balaban J connectivity index is 2.88. The Bertz CT molecular complexity index is 201. The van der Waals surface area contributed by atoms with Gasteiger partial charge < -0.3 is 0 Å². The van der Waals surface area contributed by atoms with Gasteiger partial charge in [0.15, 0.2) is 0 Å². The molecule has 0 amide bonds. The molecular formula is C8H10Br2. The molecule has 1 rings (SSSR count). The van der Waals surface area contributed by atoms with Gasteiger partial charge in [-0.25, -0.2) is 0 Å². The minimum atomic E-state index is 0.690. The maximum Gasteiger partial charge on any atom is 0.0276 e. The molecule has 0 aromatic carbocycles. The molecule has 2 heteroatoms. The van der Waals surface area contributed by atoms with E-state index in [0.717, 1.165) is 6.42 Å². The van der Waals surface area contributed by atoms with E-state index in [1.807, 2.05) is 0 Å². The summed E-state index contributed by atoms with van der Waals surface area (Å²) in [4.78, 5) is 0. The first-order valence-electron chi connectivity index (χ1n) is 3.33. The van der Waals surface area contributed by atoms with Crippen LogP contribution in [0.1, 0.15) is 20.3 Å². The van der Waals surface area contributed by atoms with Crippen LogP contribution >= 0.6 is 31.9 Å². The molecule has 0 aliphatic heterocycles. The third-order valence-electron chi connectivity index (χ3n) is 1.88. The molecule has 0 N–H and O–H groups in total. The monoisotopic (exact) mass is 264 g/mol. The van der Waals surface area contributed by atoms with E-state index in [1.54, 1.807) is 0 Å². The van der Waals surface area contributed by atoms with E-state index < -0.39 is 0 Å². The van der Waals surface area contributed by atoms with Crippen molar-refractivity contribution in [3.63, 3.8) is 0 Å². The van der Waals surface area contributed by atoms with Crippen molar-refractivity contribution >= 4 is 31.9 Å². The molecule has 0 radical (unpaired) electrons. The molecule has 0 nitrogen and oxygen atoms in total. The number of rotatable bonds is 0. The number of allylic oxidation sites excluding steroid dienone is 4. The van der Waals surface area contributed by atoms with Crippen molar-refractivity contribution in [3.8, 4) is 0 Å². The van der Waals surface area contributed by atoms with Gasteiger partial charge in [-0.15, -0.1) is 0 Å². The summed E-state index contributed by atoms with van der Waals surface area (Å²) in [6, 6.07) is 0. The zero-order valence-electron chi connectivity index (χ0n) is 6.12. The van der Waals surface area contributed by atoms with Crippen LogP contribution in [-0.4, -0.2) is 0 Å². The Morgan fingerprint density at radius 2 is 2.10 bits per heavy atom. The quantitative estimate of drug-likeness (QED) is 0.622. The van der Waals surface area contributed by atoms with Gasteiger partial charge in [-0.3, -0.25) is 0 Å². The van der Waals surface area contributed by atoms with Gasteiger partial charge in [-0.1, -0.05) is 28.4 Å². The second kappa shape index (κ2) is 3.22. The summed E-state index contributed by atoms with van der Waals surface area (Å²) in [5.74, 6) is 0.690. The van der Waals surface area contributed by atoms with E-state index in [2.05, 4.69) is 51.8 Å². The predicted molar refractivity (Wildman–Crippen MR) is 52.4 cm³/mol. The molecule has 0 spiro atoms. The molecule has 56 valence electrons. The highest BCUT2D eigenvalue weighted by Gasteiger charge is 2.13. The minimum absolute atomic E-state index is 0.690. The highest BCUT2D eigenvalue weighted by atomic mass is 79.9. The van der Waals surface area contributed by atoms with Gasteiger partial charge in [0.05, 0.1) is 0 Å². The van der Waals surface area contributed by atoms with Crippen LogP contribution < -0.4 is 0 Å². The van der Waals surface area contributed by atoms with Crippen LogP contribution in [0.15, 0.2) is 20.6 Å². The molecule has 1 unspecified atom stereocenters. The van der Waals surface area contributed by atoms with Crippen molar-refractivity contribution in [2.75, 3.05) is 0 Å². The van der Waals surface area contributed by atoms with Crippen LogP contribution in [0.2, 0.25) is 0 Å². The first kappa shape index (κ1) is 8.54. The number of hydrogen-bond donors (Lipinski definition) is 0. The van der Waals surface area contributed by atoms with Crippen LogP contribution in [0.5, 0.6) is 0 Å². The van der Waals surface area contributed by atoms with Crippen molar-refractivity contribution in [3.05, 3.63) is 20.6 Å². The molecule has 0 bridgehead atoms. The molecule has 1 atom stereocenters. The van der Waals surface area contributed by atoms with E-state index >= 15 is 0 Å². The Morgan fingerprint density at radius 3 is 2.60 bits per heavy atom. The van der Waals surface area contributed by atoms with E-state index in [1.165, 1.54) is 14.5 Å². The van der Waals surface area contributed by atoms with E-state index in [0.29, 0.717) is 5.92 Å². The first-order valence-corrected chi connectivity index (χ1v) is 4.92. The Hall–Kier alpha value is 0.440. The third-order valence-corrected chi connectivity index (χ3v) is 3.87. The summed E-state index contributed by atoms with van der Waals surface area (Å²) in [6.07, 6.45) is 3.31. The second-order valence-electron chi connectivity index (χ2n) is 2.75. The van der Waals surface area contributed by atoms with Crippen molar-refractivity contribution in [1.29, 1.82) is 0 Å². The highest BCUT2D eigenvalue weighted by Crippen LogP contribution is 2.34. The lowest BCUT2D eigenvalue weighted by Crippen LogP contribution is -2.01. The fourth-order valence-electron chi connectivity index (χ4n) is 0.948. The standard InChI is InChI=1S/C8H10Br2/c1-5-3-7(9)8(10)4-6(5)2/h3,6H,4H2,1-2H3. The van der Waals surface area contributed by atoms with Gasteiger partial charge >= 0.3 is 0 Å². The lowest BCUT2D eigenvalue weighted by molar-refractivity contribution is 0.681. The molecule has 1 aliphatic rings. The summed E-state index contributed by atoms with van der Waals surface area (Å²) in [7, 11) is 0. The summed E-state index contributed by atoms with van der Waals surface area (Å²) >= 11 is 6.99. The van der Waals surface area contributed by atoms with Gasteiger partial charge in [0.1, 0.15) is 0 Å². The molecule has 0 fully saturated rings. The largest absolute Gasteiger partial charge is 0.0690 e. The highest BCUT2D eigenvalue weighted by molar-refractivity contribution is 9.14. The maximum absolute atomic E-state index is 3.51. The fourth-order valence-corrected chi connectivity index (χ4v) is 2.07. The van der Waals surface area contributed by atoms with Crippen LogP contribution in [-0.2, 0) is 0 Å². The number of hydrogen-bond acceptors (Lipinski definition) is 0. The van der Waals surface area contributed by atoms with Gasteiger partial charge in [-0.2, -0.15) is 0 Å². The lowest BCUT2D eigenvalue weighted by atomic mass is 9.95. The third kappa shape index (κ3) is 1.73. The Morgan fingerprint density at radius 1 is 1.50 bits per heavy atom. The predicted octanol–water partition coefficient (Wildman–Crippen LogP) is 3.97. The first-order chi connectivity index (χ1) is 4.61. The maximum atomic E-state index is 3.51. The summed E-state index contributed by atoms with van der Waals surface area (Å²) < 4.78 is 2.48. The molecule has 0 aromatic rings. The summed E-state index contributed by atoms with van der Waals surface area (Å²) in [6.45, 7) is 4.41. The van der Waals surface area contributed by atoms with E-state index in [9.17, 15) is 0 Å². The molecule has 0 heterocycles. The van der Waals surface area contributed by atoms with Crippen LogP contribution in [0, 0.1) is 5.92 Å². The average molecular weight is 266 g/mol. The van der Waals surface area contributed by atoms with Gasteiger partial charge in [0.2, 0.25) is 0 Å². The van der Waals surface area contributed by atoms with Crippen LogP contribution in [0.3, 0.4) is 0 Å². The molecule has 0 saturated heterocycles. The van der Waals surface area contributed by atoms with Gasteiger partial charge in [-0.05, 0) is 41.3 Å². The van der Waals surface area contributed by atoms with Crippen LogP contribution in [0.25, 0.3) is 0 Å². The Kier molecular flexibility index (Phi) is 2.75. The minimum Gasteiger partial charge on any atom is -0.0690 e. The SMILES string of the molecule is CC1=CC(Br)=C(Br)CC1C. The second-order valence-corrected chi connectivity index (χ2v) is 4.56. The van der Waals surface area contributed by atoms with Crippen molar-refractivity contribution < 1.29 is 0 Å². The van der Waals surface area contributed by atoms with Crippen molar-refractivity contribution in [1.82, 2.24) is 0 Å². The normalized spacial score (nSPS) is 26.8. The zero-order valence-corrected chi connectivity index (χ0v) is 9.29. The molecular weight excluding hydrogens is 256 g/mol. The zero-order chi connectivity index (χ0) is 7.72. The van der Waals surface area contributed by atoms with Crippen LogP contribution in [0.4, 0.5) is 0 Å². The van der Waals surface area contributed by atoms with Crippen molar-refractivity contribution in [2.24, 2.45) is 5.92 Å². The lowest BCUT2D eigenvalue weighted by Gasteiger charge is -2.17. The molecule has 0 saturated carbocycles. The summed E-state index contributed by atoms with van der Waals surface area (Å²) in [5, 5.41) is 0. The fraction of sp³-hybridized carbons (Fsp3) is 0.500. The smallest absolute Gasteiger partial charge is 0.0276 e. The van der Waals surface area contributed by atoms with E-state index in [4.69, 9.17) is 0 Å². The van der Waals surface area contributed by atoms with Gasteiger partial charge in [0.25, 0.3) is 0 Å². The topological polar surface area (TPSA) is 0 Å². The molecule has 0 aromatic heterocycles. The average Bonchev–Trinajstić information content (AvgIpc) is 1.84. The summed E-state index contributed by atoms with van der Waals surface area (Å²) in [5.41, 5.74) is 1.45.